The van der Waals surface area contributed by atoms with Crippen LogP contribution in [0.3, 0.4) is 0 Å². The highest BCUT2D eigenvalue weighted by Crippen LogP contribution is 2.15. The van der Waals surface area contributed by atoms with Crippen LogP contribution in [0.15, 0.2) is 97.2 Å². The van der Waals surface area contributed by atoms with Gasteiger partial charge in [-0.1, -0.05) is 221 Å². The Hall–Kier alpha value is -3.67. The normalized spacial score (nSPS) is 12.9. The van der Waals surface area contributed by atoms with Crippen LogP contribution in [0.2, 0.25) is 0 Å². The third kappa shape index (κ3) is 45.4. The Kier molecular flexibility index (Phi) is 45.1. The lowest BCUT2D eigenvalue weighted by Crippen LogP contribution is -2.30. The fourth-order valence-electron chi connectivity index (χ4n) is 6.37. The van der Waals surface area contributed by atoms with Crippen LogP contribution in [-0.2, 0) is 28.6 Å². The van der Waals surface area contributed by atoms with Crippen LogP contribution in [0, 0.1) is 0 Å². The predicted octanol–water partition coefficient (Wildman–Crippen LogP) is 15.8. The molecular weight excluding hydrogens is 745 g/mol. The summed E-state index contributed by atoms with van der Waals surface area (Å²) in [5.41, 5.74) is 0. The van der Waals surface area contributed by atoms with E-state index >= 15 is 0 Å². The second-order valence-electron chi connectivity index (χ2n) is 15.7. The molecule has 0 aromatic carbocycles. The molecule has 0 heterocycles. The van der Waals surface area contributed by atoms with E-state index in [0.29, 0.717) is 25.7 Å². The van der Waals surface area contributed by atoms with Gasteiger partial charge in [-0.25, -0.2) is 0 Å². The van der Waals surface area contributed by atoms with Gasteiger partial charge in [0.25, 0.3) is 0 Å². The second-order valence-corrected chi connectivity index (χ2v) is 15.7. The van der Waals surface area contributed by atoms with E-state index in [1.54, 1.807) is 0 Å². The average molecular weight is 833 g/mol. The number of unbranched alkanes of at least 4 members (excludes halogenated alkanes) is 19. The standard InChI is InChI=1S/C54H88O6/c1-4-7-10-13-16-19-22-25-26-27-28-30-32-35-38-41-44-47-53(56)59-50-51(49-58-52(55)46-43-40-37-34-31-24-21-18-15-12-9-6-3)60-54(57)48-45-42-39-36-33-29-23-20-17-14-11-8-5-2/h8-9,11-12,14,17-18,20-21,23,29,31,33-34,36,39,51H,4-7,10,13,15-16,19,22,24-28,30,32,35,37-38,40-50H2,1-3H3/b11-8-,12-9-,17-14-,21-18-,23-20-,33-29-,34-31-,39-36-. The molecule has 0 spiro atoms. The van der Waals surface area contributed by atoms with Crippen molar-refractivity contribution in [2.45, 2.75) is 213 Å². The molecule has 0 rings (SSSR count). The van der Waals surface area contributed by atoms with Gasteiger partial charge < -0.3 is 14.2 Å². The topological polar surface area (TPSA) is 78.9 Å². The summed E-state index contributed by atoms with van der Waals surface area (Å²) in [6.07, 6.45) is 62.7. The number of esters is 3. The van der Waals surface area contributed by atoms with Gasteiger partial charge in [-0.3, -0.25) is 14.4 Å². The molecule has 0 saturated heterocycles. The first-order valence-electron chi connectivity index (χ1n) is 24.3. The number of rotatable bonds is 42. The summed E-state index contributed by atoms with van der Waals surface area (Å²) in [4.78, 5) is 37.8. The Morgan fingerprint density at radius 3 is 1.25 bits per heavy atom. The summed E-state index contributed by atoms with van der Waals surface area (Å²) in [6, 6.07) is 0. The quantitative estimate of drug-likeness (QED) is 0.0200. The van der Waals surface area contributed by atoms with Crippen molar-refractivity contribution in [2.75, 3.05) is 13.2 Å². The monoisotopic (exact) mass is 833 g/mol. The van der Waals surface area contributed by atoms with Gasteiger partial charge >= 0.3 is 17.9 Å². The van der Waals surface area contributed by atoms with Gasteiger partial charge in [0.05, 0.1) is 0 Å². The van der Waals surface area contributed by atoms with Crippen LogP contribution in [0.25, 0.3) is 0 Å². The van der Waals surface area contributed by atoms with Crippen LogP contribution in [0.1, 0.15) is 207 Å². The van der Waals surface area contributed by atoms with E-state index < -0.39 is 12.1 Å². The van der Waals surface area contributed by atoms with E-state index in [0.717, 1.165) is 64.2 Å². The number of carbonyl (C=O) groups excluding carboxylic acids is 3. The minimum absolute atomic E-state index is 0.118. The van der Waals surface area contributed by atoms with Crippen LogP contribution in [0.5, 0.6) is 0 Å². The average Bonchev–Trinajstić information content (AvgIpc) is 3.24. The Bertz CT molecular complexity index is 1230. The first kappa shape index (κ1) is 56.3. The number of hydrogen-bond donors (Lipinski definition) is 0. The molecule has 340 valence electrons. The van der Waals surface area contributed by atoms with Gasteiger partial charge in [0.2, 0.25) is 0 Å². The third-order valence-electron chi connectivity index (χ3n) is 9.96. The number of allylic oxidation sites excluding steroid dienone is 16. The van der Waals surface area contributed by atoms with E-state index in [9.17, 15) is 14.4 Å². The first-order chi connectivity index (χ1) is 29.5. The summed E-state index contributed by atoms with van der Waals surface area (Å²) in [5.74, 6) is -1.04. The van der Waals surface area contributed by atoms with Crippen LogP contribution >= 0.6 is 0 Å². The molecule has 0 fully saturated rings. The zero-order chi connectivity index (χ0) is 43.7. The molecular formula is C54H88O6. The van der Waals surface area contributed by atoms with E-state index in [1.807, 2.05) is 54.7 Å². The molecule has 0 amide bonds. The van der Waals surface area contributed by atoms with Gasteiger partial charge in [0, 0.05) is 19.3 Å². The zero-order valence-electron chi connectivity index (χ0n) is 38.7. The van der Waals surface area contributed by atoms with E-state index in [4.69, 9.17) is 14.2 Å². The lowest BCUT2D eigenvalue weighted by atomic mass is 10.0. The molecule has 0 radical (unpaired) electrons. The predicted molar refractivity (Wildman–Crippen MR) is 256 cm³/mol. The third-order valence-corrected chi connectivity index (χ3v) is 9.96. The number of carbonyl (C=O) groups is 3. The van der Waals surface area contributed by atoms with E-state index in [2.05, 4.69) is 63.3 Å². The Morgan fingerprint density at radius 2 is 0.750 bits per heavy atom. The van der Waals surface area contributed by atoms with Crippen molar-refractivity contribution in [1.29, 1.82) is 0 Å². The first-order valence-corrected chi connectivity index (χ1v) is 24.3. The molecule has 0 aliphatic carbocycles. The molecule has 60 heavy (non-hydrogen) atoms. The minimum atomic E-state index is -0.828. The van der Waals surface area contributed by atoms with Crippen molar-refractivity contribution in [1.82, 2.24) is 0 Å². The fourth-order valence-corrected chi connectivity index (χ4v) is 6.37. The maximum Gasteiger partial charge on any atom is 0.306 e. The zero-order valence-corrected chi connectivity index (χ0v) is 38.7. The lowest BCUT2D eigenvalue weighted by Gasteiger charge is -2.18. The molecule has 0 aliphatic rings. The molecule has 1 atom stereocenters. The molecule has 0 aliphatic heterocycles. The lowest BCUT2D eigenvalue weighted by molar-refractivity contribution is -0.167. The Balaban J connectivity index is 4.49. The maximum atomic E-state index is 12.7. The highest BCUT2D eigenvalue weighted by atomic mass is 16.6. The van der Waals surface area contributed by atoms with Gasteiger partial charge in [-0.2, -0.15) is 0 Å². The molecule has 0 aromatic heterocycles. The number of ether oxygens (including phenoxy) is 3. The highest BCUT2D eigenvalue weighted by molar-refractivity contribution is 5.71. The van der Waals surface area contributed by atoms with Gasteiger partial charge in [0.15, 0.2) is 6.10 Å². The molecule has 6 heteroatoms. The van der Waals surface area contributed by atoms with Crippen LogP contribution in [-0.4, -0.2) is 37.2 Å². The molecule has 0 N–H and O–H groups in total. The largest absolute Gasteiger partial charge is 0.462 e. The maximum absolute atomic E-state index is 12.7. The fraction of sp³-hybridized carbons (Fsp3) is 0.648. The summed E-state index contributed by atoms with van der Waals surface area (Å²) >= 11 is 0. The van der Waals surface area contributed by atoms with Crippen molar-refractivity contribution < 1.29 is 28.6 Å². The SMILES string of the molecule is CC\C=C/C=C\C=C/C=C\C=C/CCCC(=O)OC(COC(=O)CCCC/C=C\C/C=C\C/C=C\CC)COC(=O)CCCCCCCCCCCCCCCCCCC. The molecule has 0 bridgehead atoms. The second kappa shape index (κ2) is 48.0. The Morgan fingerprint density at radius 1 is 0.367 bits per heavy atom. The molecule has 0 aromatic rings. The highest BCUT2D eigenvalue weighted by Gasteiger charge is 2.19. The van der Waals surface area contributed by atoms with Gasteiger partial charge in [0.1, 0.15) is 13.2 Å². The summed E-state index contributed by atoms with van der Waals surface area (Å²) < 4.78 is 16.6. The van der Waals surface area contributed by atoms with Crippen molar-refractivity contribution >= 4 is 17.9 Å². The summed E-state index contributed by atoms with van der Waals surface area (Å²) in [7, 11) is 0. The summed E-state index contributed by atoms with van der Waals surface area (Å²) in [5, 5.41) is 0. The smallest absolute Gasteiger partial charge is 0.306 e. The number of hydrogen-bond acceptors (Lipinski definition) is 6. The summed E-state index contributed by atoms with van der Waals surface area (Å²) in [6.45, 7) is 6.27. The van der Waals surface area contributed by atoms with Crippen LogP contribution in [0.4, 0.5) is 0 Å². The van der Waals surface area contributed by atoms with Crippen LogP contribution < -0.4 is 0 Å². The molecule has 1 unspecified atom stereocenters. The molecule has 0 saturated carbocycles. The molecule has 6 nitrogen and oxygen atoms in total. The van der Waals surface area contributed by atoms with Gasteiger partial charge in [-0.15, -0.1) is 0 Å². The van der Waals surface area contributed by atoms with Crippen molar-refractivity contribution in [3.05, 3.63) is 97.2 Å². The van der Waals surface area contributed by atoms with Crippen molar-refractivity contribution in [3.63, 3.8) is 0 Å². The Labute approximate surface area is 368 Å². The van der Waals surface area contributed by atoms with Crippen molar-refractivity contribution in [3.8, 4) is 0 Å². The van der Waals surface area contributed by atoms with Gasteiger partial charge in [-0.05, 0) is 64.2 Å². The van der Waals surface area contributed by atoms with E-state index in [1.165, 1.54) is 89.9 Å². The van der Waals surface area contributed by atoms with E-state index in [-0.39, 0.29) is 31.6 Å². The van der Waals surface area contributed by atoms with Crippen molar-refractivity contribution in [2.24, 2.45) is 0 Å². The minimum Gasteiger partial charge on any atom is -0.462 e.